The Bertz CT molecular complexity index is 1740. The average molecular weight is 848 g/mol. The molecule has 3 heteroatoms. The fourth-order valence-electron chi connectivity index (χ4n) is 8.87. The zero-order chi connectivity index (χ0) is 34.8. The molecule has 0 heterocycles. The van der Waals surface area contributed by atoms with Crippen LogP contribution in [0.3, 0.4) is 0 Å². The SMILES string of the molecule is CC(C)c1cc([C](C2CCCCC2)=[Hf]([Cl])([Cl])([CH]2C=CC=C2)[CH]2c3cc(C(C)(C)C)ccc3-c3ccc(C(C)(C)C)cc32)cc(C(C)C)c1. The Hall–Kier alpha value is -1.54. The Morgan fingerprint density at radius 2 is 1.10 bits per heavy atom. The van der Waals surface area contributed by atoms with Crippen LogP contribution >= 0.6 is 17.2 Å². The monoisotopic (exact) mass is 848 g/mol. The quantitative estimate of drug-likeness (QED) is 0.217. The van der Waals surface area contributed by atoms with Gasteiger partial charge in [-0.2, -0.15) is 0 Å². The van der Waals surface area contributed by atoms with Crippen LogP contribution in [0.4, 0.5) is 0 Å². The van der Waals surface area contributed by atoms with Gasteiger partial charge in [-0.1, -0.05) is 0 Å². The summed E-state index contributed by atoms with van der Waals surface area (Å²) in [6.45, 7) is 23.2. The van der Waals surface area contributed by atoms with Gasteiger partial charge in [-0.05, 0) is 0 Å². The number of hydrogen-bond acceptors (Lipinski definition) is 0. The van der Waals surface area contributed by atoms with Gasteiger partial charge in [-0.15, -0.1) is 0 Å². The van der Waals surface area contributed by atoms with Crippen LogP contribution in [0.2, 0.25) is 3.67 Å². The van der Waals surface area contributed by atoms with Crippen molar-refractivity contribution < 1.29 is 15.7 Å². The minimum atomic E-state index is -5.50. The fraction of sp³-hybridized carbons (Fsp3) is 0.489. The maximum atomic E-state index is 9.04. The first kappa shape index (κ1) is 36.3. The standard InChI is InChI=1S/C21H25.C19H28.C5H5.2ClH.Hf/c1-20(2,3)16-7-9-18-14(12-16)11-15-13-17(21(4,5)6)8-10-19(15)18;1-14(2)18-11-17(12-19(13-18)15(3)4)10-16-8-6-5-7-9-16;1-2-4-5-3-1;;;/h7-13H,1-6H3;11-16H,5-9H2,1-4H3;1-5H;2*1H;/q;;;;;+2/p-2. The van der Waals surface area contributed by atoms with Gasteiger partial charge in [0.05, 0.1) is 0 Å². The third-order valence-electron chi connectivity index (χ3n) is 11.8. The molecule has 0 nitrogen and oxygen atoms in total. The number of halogens is 2. The van der Waals surface area contributed by atoms with Crippen molar-refractivity contribution in [2.24, 2.45) is 5.92 Å². The summed E-state index contributed by atoms with van der Waals surface area (Å²) in [4.78, 5) is 0. The molecule has 0 aromatic heterocycles. The molecular weight excluding hydrogens is 790 g/mol. The van der Waals surface area contributed by atoms with Crippen LogP contribution in [-0.2, 0) is 26.5 Å². The molecule has 3 aromatic rings. The number of rotatable bonds is 6. The fourth-order valence-corrected chi connectivity index (χ4v) is 38.7. The molecule has 0 N–H and O–H groups in total. The number of hydrogen-bond donors (Lipinski definition) is 0. The average Bonchev–Trinajstić information content (AvgIpc) is 3.68. The molecule has 3 aliphatic carbocycles. The van der Waals surface area contributed by atoms with Crippen LogP contribution in [-0.4, -0.2) is 3.26 Å². The molecule has 1 fully saturated rings. The molecule has 48 heavy (non-hydrogen) atoms. The maximum absolute atomic E-state index is 9.04. The van der Waals surface area contributed by atoms with Crippen molar-refractivity contribution in [2.75, 3.05) is 0 Å². The van der Waals surface area contributed by atoms with Crippen molar-refractivity contribution in [3.63, 3.8) is 0 Å². The van der Waals surface area contributed by atoms with Gasteiger partial charge in [0.15, 0.2) is 0 Å². The van der Waals surface area contributed by atoms with Gasteiger partial charge in [0.25, 0.3) is 0 Å². The molecule has 6 rings (SSSR count). The summed E-state index contributed by atoms with van der Waals surface area (Å²) in [5.74, 6) is 1.23. The Balaban J connectivity index is 1.83. The zero-order valence-corrected chi connectivity index (χ0v) is 36.3. The molecule has 0 saturated heterocycles. The van der Waals surface area contributed by atoms with Crippen molar-refractivity contribution in [2.45, 2.75) is 131 Å². The van der Waals surface area contributed by atoms with E-state index in [2.05, 4.69) is 148 Å². The van der Waals surface area contributed by atoms with Crippen molar-refractivity contribution in [1.29, 1.82) is 0 Å². The molecule has 0 bridgehead atoms. The first-order valence-corrected chi connectivity index (χ1v) is 33.5. The van der Waals surface area contributed by atoms with E-state index < -0.39 is 15.7 Å². The van der Waals surface area contributed by atoms with Crippen LogP contribution in [0.1, 0.15) is 156 Å². The molecule has 3 aliphatic rings. The Kier molecular flexibility index (Phi) is 9.74. The number of fused-ring (bicyclic) bond motifs is 3. The summed E-state index contributed by atoms with van der Waals surface area (Å²) >= 11 is -5.50. The summed E-state index contributed by atoms with van der Waals surface area (Å²) in [5, 5.41) is 0. The van der Waals surface area contributed by atoms with E-state index in [1.807, 2.05) is 0 Å². The van der Waals surface area contributed by atoms with Crippen LogP contribution in [0, 0.1) is 5.92 Å². The van der Waals surface area contributed by atoms with Gasteiger partial charge in [-0.25, -0.2) is 0 Å². The van der Waals surface area contributed by atoms with E-state index in [9.17, 15) is 0 Å². The predicted octanol–water partition coefficient (Wildman–Crippen LogP) is 14.3. The summed E-state index contributed by atoms with van der Waals surface area (Å²) < 4.78 is 1.43. The molecule has 0 amide bonds. The summed E-state index contributed by atoms with van der Waals surface area (Å²) in [5.41, 5.74) is 12.2. The van der Waals surface area contributed by atoms with Crippen LogP contribution in [0.15, 0.2) is 78.9 Å². The summed E-state index contributed by atoms with van der Waals surface area (Å²) in [7, 11) is 18.1. The van der Waals surface area contributed by atoms with Crippen LogP contribution in [0.25, 0.3) is 11.1 Å². The van der Waals surface area contributed by atoms with Gasteiger partial charge in [0.2, 0.25) is 0 Å². The summed E-state index contributed by atoms with van der Waals surface area (Å²) in [6, 6.07) is 21.9. The second-order valence-electron chi connectivity index (χ2n) is 17.9. The van der Waals surface area contributed by atoms with Gasteiger partial charge in [-0.3, -0.25) is 0 Å². The first-order chi connectivity index (χ1) is 22.4. The molecule has 1 saturated carbocycles. The molecule has 0 aliphatic heterocycles. The Labute approximate surface area is 300 Å². The van der Waals surface area contributed by atoms with E-state index in [1.165, 1.54) is 85.4 Å². The Morgan fingerprint density at radius 1 is 0.646 bits per heavy atom. The van der Waals surface area contributed by atoms with Crippen molar-refractivity contribution in [3.8, 4) is 11.1 Å². The van der Waals surface area contributed by atoms with Crippen LogP contribution < -0.4 is 0 Å². The van der Waals surface area contributed by atoms with Gasteiger partial charge < -0.3 is 0 Å². The van der Waals surface area contributed by atoms with E-state index in [4.69, 9.17) is 17.2 Å². The molecule has 0 unspecified atom stereocenters. The van der Waals surface area contributed by atoms with E-state index in [0.29, 0.717) is 17.8 Å². The van der Waals surface area contributed by atoms with Crippen LogP contribution in [0.5, 0.6) is 0 Å². The zero-order valence-electron chi connectivity index (χ0n) is 31.2. The normalized spacial score (nSPS) is 17.9. The van der Waals surface area contributed by atoms with Crippen molar-refractivity contribution in [1.82, 2.24) is 0 Å². The van der Waals surface area contributed by atoms with E-state index in [1.54, 1.807) is 0 Å². The van der Waals surface area contributed by atoms with Crippen molar-refractivity contribution >= 4 is 20.4 Å². The molecular formula is C45H58Cl2Hf. The van der Waals surface area contributed by atoms with Crippen molar-refractivity contribution in [3.05, 3.63) is 118 Å². The van der Waals surface area contributed by atoms with E-state index in [0.717, 1.165) is 0 Å². The molecule has 3 aromatic carbocycles. The third kappa shape index (κ3) is 6.30. The van der Waals surface area contributed by atoms with Gasteiger partial charge >= 0.3 is 302 Å². The number of benzene rings is 3. The second kappa shape index (κ2) is 12.9. The third-order valence-corrected chi connectivity index (χ3v) is 40.8. The molecule has 0 radical (unpaired) electrons. The van der Waals surface area contributed by atoms with E-state index in [-0.39, 0.29) is 18.2 Å². The number of allylic oxidation sites excluding steroid dienone is 4. The topological polar surface area (TPSA) is 0 Å². The van der Waals surface area contributed by atoms with Gasteiger partial charge in [0.1, 0.15) is 0 Å². The predicted molar refractivity (Wildman–Crippen MR) is 210 cm³/mol. The first-order valence-electron chi connectivity index (χ1n) is 18.6. The van der Waals surface area contributed by atoms with E-state index >= 15 is 0 Å². The molecule has 256 valence electrons. The van der Waals surface area contributed by atoms with Gasteiger partial charge in [0, 0.05) is 0 Å². The minimum absolute atomic E-state index is 0.0107. The second-order valence-corrected chi connectivity index (χ2v) is 47.5. The molecule has 0 atom stereocenters. The summed E-state index contributed by atoms with van der Waals surface area (Å²) in [6.07, 6.45) is 15.3. The molecule has 0 spiro atoms. The Morgan fingerprint density at radius 3 is 1.52 bits per heavy atom.